The Kier molecular flexibility index (Phi) is 5.22. The molecule has 2 amide bonds. The fourth-order valence-electron chi connectivity index (χ4n) is 6.07. The number of carbonyl (C=O) groups is 2. The molecule has 0 unspecified atom stereocenters. The fraction of sp³-hybridized carbons (Fsp3) is 0.682. The van der Waals surface area contributed by atoms with Crippen LogP contribution in [0.25, 0.3) is 0 Å². The number of rotatable bonds is 6. The van der Waals surface area contributed by atoms with Gasteiger partial charge in [0, 0.05) is 23.3 Å². The van der Waals surface area contributed by atoms with Gasteiger partial charge >= 0.3 is 0 Å². The number of thiophene rings is 1. The second kappa shape index (κ2) is 7.51. The molecule has 6 heteroatoms. The van der Waals surface area contributed by atoms with Crippen LogP contribution in [0.4, 0.5) is 5.00 Å². The molecule has 1 heterocycles. The molecule has 4 bridgehead atoms. The maximum absolute atomic E-state index is 12.9. The molecule has 1 aromatic rings. The molecule has 0 aliphatic heterocycles. The lowest BCUT2D eigenvalue weighted by molar-refractivity contribution is -0.146. The Balaban J connectivity index is 1.24. The van der Waals surface area contributed by atoms with Crippen LogP contribution in [0.15, 0.2) is 0 Å². The Hall–Kier alpha value is -1.87. The summed E-state index contributed by atoms with van der Waals surface area (Å²) < 4.78 is 0. The van der Waals surface area contributed by atoms with Crippen molar-refractivity contribution < 1.29 is 9.59 Å². The van der Waals surface area contributed by atoms with Gasteiger partial charge in [0.25, 0.3) is 0 Å². The second-order valence-electron chi connectivity index (χ2n) is 9.20. The van der Waals surface area contributed by atoms with Crippen molar-refractivity contribution in [3.63, 3.8) is 0 Å². The van der Waals surface area contributed by atoms with Crippen molar-refractivity contribution in [2.45, 2.75) is 65.2 Å². The number of hydrogen-bond donors (Lipinski definition) is 2. The first kappa shape index (κ1) is 19.4. The lowest BCUT2D eigenvalue weighted by Crippen LogP contribution is -2.53. The van der Waals surface area contributed by atoms with E-state index in [2.05, 4.69) is 16.7 Å². The molecule has 4 aliphatic carbocycles. The molecule has 28 heavy (non-hydrogen) atoms. The molecular formula is C22H29N3O2S. The van der Waals surface area contributed by atoms with Crippen molar-refractivity contribution in [3.8, 4) is 6.07 Å². The Labute approximate surface area is 170 Å². The van der Waals surface area contributed by atoms with E-state index in [4.69, 9.17) is 0 Å². The summed E-state index contributed by atoms with van der Waals surface area (Å²) in [6, 6.07) is 2.17. The standard InChI is InChI=1S/C22H29N3O2S/c1-13-14(2)28-20(18(13)12-23)25-19(26)4-3-5-24-21(27)22-9-15-6-16(10-22)8-17(7-15)11-22/h15-17H,3-11H2,1-2H3,(H,24,27)(H,25,26). The lowest BCUT2D eigenvalue weighted by Gasteiger charge is -2.55. The third-order valence-electron chi connectivity index (χ3n) is 7.14. The summed E-state index contributed by atoms with van der Waals surface area (Å²) in [5, 5.41) is 15.9. The molecule has 4 fully saturated rings. The van der Waals surface area contributed by atoms with E-state index in [-0.39, 0.29) is 17.2 Å². The van der Waals surface area contributed by atoms with E-state index in [0.717, 1.165) is 47.5 Å². The van der Waals surface area contributed by atoms with Crippen LogP contribution >= 0.6 is 11.3 Å². The van der Waals surface area contributed by atoms with E-state index in [1.165, 1.54) is 30.6 Å². The maximum atomic E-state index is 12.9. The number of anilines is 1. The van der Waals surface area contributed by atoms with E-state index in [0.29, 0.717) is 30.0 Å². The molecule has 0 radical (unpaired) electrons. The van der Waals surface area contributed by atoms with Crippen molar-refractivity contribution in [3.05, 3.63) is 16.0 Å². The molecule has 4 saturated carbocycles. The summed E-state index contributed by atoms with van der Waals surface area (Å²) in [4.78, 5) is 26.2. The number of nitrogens with zero attached hydrogens (tertiary/aromatic N) is 1. The monoisotopic (exact) mass is 399 g/mol. The van der Waals surface area contributed by atoms with Gasteiger partial charge in [0.1, 0.15) is 11.1 Å². The summed E-state index contributed by atoms with van der Waals surface area (Å²) in [5.74, 6) is 2.41. The summed E-state index contributed by atoms with van der Waals surface area (Å²) in [5.41, 5.74) is 1.38. The van der Waals surface area contributed by atoms with Crippen LogP contribution in [-0.2, 0) is 9.59 Å². The number of amides is 2. The maximum Gasteiger partial charge on any atom is 0.226 e. The molecule has 0 atom stereocenters. The highest BCUT2D eigenvalue weighted by molar-refractivity contribution is 7.16. The molecule has 4 aliphatic rings. The van der Waals surface area contributed by atoms with Gasteiger partial charge in [-0.3, -0.25) is 9.59 Å². The first-order valence-electron chi connectivity index (χ1n) is 10.5. The van der Waals surface area contributed by atoms with Gasteiger partial charge < -0.3 is 10.6 Å². The van der Waals surface area contributed by atoms with Gasteiger partial charge in [-0.15, -0.1) is 11.3 Å². The van der Waals surface area contributed by atoms with Gasteiger partial charge in [0.2, 0.25) is 11.8 Å². The van der Waals surface area contributed by atoms with Crippen LogP contribution in [0.1, 0.15) is 67.4 Å². The first-order valence-corrected chi connectivity index (χ1v) is 11.3. The average molecular weight is 400 g/mol. The van der Waals surface area contributed by atoms with Gasteiger partial charge in [0.15, 0.2) is 0 Å². The fourth-order valence-corrected chi connectivity index (χ4v) is 7.09. The third kappa shape index (κ3) is 3.57. The Morgan fingerprint density at radius 2 is 1.75 bits per heavy atom. The molecule has 150 valence electrons. The van der Waals surface area contributed by atoms with Gasteiger partial charge in [-0.2, -0.15) is 5.26 Å². The van der Waals surface area contributed by atoms with E-state index < -0.39 is 0 Å². The van der Waals surface area contributed by atoms with Crippen LogP contribution < -0.4 is 10.6 Å². The zero-order valence-corrected chi connectivity index (χ0v) is 17.6. The highest BCUT2D eigenvalue weighted by Crippen LogP contribution is 2.60. The van der Waals surface area contributed by atoms with Gasteiger partial charge in [-0.1, -0.05) is 0 Å². The number of aryl methyl sites for hydroxylation is 1. The van der Waals surface area contributed by atoms with E-state index in [1.54, 1.807) is 0 Å². The minimum atomic E-state index is -0.120. The number of nitriles is 1. The van der Waals surface area contributed by atoms with E-state index in [1.807, 2.05) is 13.8 Å². The van der Waals surface area contributed by atoms with Crippen molar-refractivity contribution in [2.24, 2.45) is 23.2 Å². The smallest absolute Gasteiger partial charge is 0.226 e. The highest BCUT2D eigenvalue weighted by Gasteiger charge is 2.54. The minimum absolute atomic E-state index is 0.0956. The highest BCUT2D eigenvalue weighted by atomic mass is 32.1. The second-order valence-corrected chi connectivity index (χ2v) is 10.4. The van der Waals surface area contributed by atoms with Gasteiger partial charge in [0.05, 0.1) is 5.56 Å². The average Bonchev–Trinajstić information content (AvgIpc) is 2.90. The summed E-state index contributed by atoms with van der Waals surface area (Å²) in [6.07, 6.45) is 8.17. The molecule has 0 saturated heterocycles. The van der Waals surface area contributed by atoms with E-state index >= 15 is 0 Å². The van der Waals surface area contributed by atoms with Crippen LogP contribution in [0.5, 0.6) is 0 Å². The van der Waals surface area contributed by atoms with Gasteiger partial charge in [-0.05, 0) is 82.1 Å². The topological polar surface area (TPSA) is 82.0 Å². The normalized spacial score (nSPS) is 30.1. The van der Waals surface area contributed by atoms with Crippen molar-refractivity contribution in [1.82, 2.24) is 5.32 Å². The molecule has 2 N–H and O–H groups in total. The van der Waals surface area contributed by atoms with Crippen LogP contribution in [-0.4, -0.2) is 18.4 Å². The number of carbonyl (C=O) groups excluding carboxylic acids is 2. The van der Waals surface area contributed by atoms with Crippen molar-refractivity contribution in [2.75, 3.05) is 11.9 Å². The molecule has 0 spiro atoms. The van der Waals surface area contributed by atoms with Crippen LogP contribution in [0.3, 0.4) is 0 Å². The zero-order valence-electron chi connectivity index (χ0n) is 16.8. The van der Waals surface area contributed by atoms with Gasteiger partial charge in [-0.25, -0.2) is 0 Å². The molecule has 5 rings (SSSR count). The Morgan fingerprint density at radius 1 is 1.14 bits per heavy atom. The predicted octanol–water partition coefficient (Wildman–Crippen LogP) is 4.29. The zero-order chi connectivity index (χ0) is 19.9. The quantitative estimate of drug-likeness (QED) is 0.700. The largest absolute Gasteiger partial charge is 0.356 e. The predicted molar refractivity (Wildman–Crippen MR) is 110 cm³/mol. The number of nitrogens with one attached hydrogen (secondary N) is 2. The van der Waals surface area contributed by atoms with E-state index in [9.17, 15) is 14.9 Å². The third-order valence-corrected chi connectivity index (χ3v) is 8.26. The van der Waals surface area contributed by atoms with Crippen LogP contribution in [0, 0.1) is 48.3 Å². The van der Waals surface area contributed by atoms with Crippen molar-refractivity contribution >= 4 is 28.2 Å². The summed E-state index contributed by atoms with van der Waals surface area (Å²) in [6.45, 7) is 4.40. The summed E-state index contributed by atoms with van der Waals surface area (Å²) in [7, 11) is 0. The SMILES string of the molecule is Cc1sc(NC(=O)CCCNC(=O)C23CC4CC(CC(C4)C2)C3)c(C#N)c1C. The minimum Gasteiger partial charge on any atom is -0.356 e. The molecular weight excluding hydrogens is 370 g/mol. The lowest BCUT2D eigenvalue weighted by atomic mass is 9.49. The Bertz CT molecular complexity index is 800. The first-order chi connectivity index (χ1) is 13.4. The van der Waals surface area contributed by atoms with Crippen LogP contribution in [0.2, 0.25) is 0 Å². The summed E-state index contributed by atoms with van der Waals surface area (Å²) >= 11 is 1.45. The van der Waals surface area contributed by atoms with Crippen molar-refractivity contribution in [1.29, 1.82) is 5.26 Å². The molecule has 1 aromatic heterocycles. The number of hydrogen-bond acceptors (Lipinski definition) is 4. The Morgan fingerprint density at radius 3 is 2.32 bits per heavy atom. The molecule has 5 nitrogen and oxygen atoms in total. The molecule has 0 aromatic carbocycles.